The van der Waals surface area contributed by atoms with E-state index in [1.54, 1.807) is 0 Å². The third kappa shape index (κ3) is 1.76. The van der Waals surface area contributed by atoms with E-state index < -0.39 is 0 Å². The molecule has 0 aliphatic rings. The zero-order valence-corrected chi connectivity index (χ0v) is 10.7. The molecule has 2 aromatic carbocycles. The van der Waals surface area contributed by atoms with E-state index in [-0.39, 0.29) is 9.90 Å². The molecule has 0 saturated heterocycles. The Morgan fingerprint density at radius 3 is 2.47 bits per heavy atom. The van der Waals surface area contributed by atoms with Gasteiger partial charge in [0.2, 0.25) is 0 Å². The second kappa shape index (κ2) is 4.27. The third-order valence-electron chi connectivity index (χ3n) is 2.51. The van der Waals surface area contributed by atoms with E-state index in [1.807, 2.05) is 0 Å². The third-order valence-corrected chi connectivity index (χ3v) is 3.50. The molecule has 74 valence electrons. The monoisotopic (exact) mass is 230 g/mol. The fraction of sp³-hybridized carbons (Fsp3) is 0. The van der Waals surface area contributed by atoms with Crippen LogP contribution in [0.3, 0.4) is 0 Å². The van der Waals surface area contributed by atoms with E-state index >= 15 is 0 Å². The summed E-state index contributed by atoms with van der Waals surface area (Å²) < 4.78 is 0. The highest BCUT2D eigenvalue weighted by Gasteiger charge is 1.97. The zero-order chi connectivity index (χ0) is 9.38. The lowest BCUT2D eigenvalue weighted by molar-refractivity contribution is 1.81. The number of rotatable bonds is 0. The van der Waals surface area contributed by atoms with E-state index in [1.165, 1.54) is 29.5 Å². The largest absolute Gasteiger partial charge is 0.153 e. The Morgan fingerprint density at radius 2 is 1.53 bits per heavy atom. The number of benzene rings is 2. The van der Waals surface area contributed by atoms with E-state index in [9.17, 15) is 0 Å². The Bertz CT molecular complexity index is 548. The van der Waals surface area contributed by atoms with Gasteiger partial charge in [-0.3, -0.25) is 0 Å². The molecule has 0 amide bonds. The minimum atomic E-state index is 0. The number of hydrogen-bond acceptors (Lipinski definition) is 0. The summed E-state index contributed by atoms with van der Waals surface area (Å²) in [7, 11) is 1.31. The average molecular weight is 230 g/mol. The van der Waals surface area contributed by atoms with Gasteiger partial charge < -0.3 is 0 Å². The predicted octanol–water partition coefficient (Wildman–Crippen LogP) is 4.63. The molecule has 0 saturated carbocycles. The van der Waals surface area contributed by atoms with Gasteiger partial charge in [-0.2, -0.15) is 9.90 Å². The summed E-state index contributed by atoms with van der Waals surface area (Å²) in [6.45, 7) is 0. The number of fused-ring (bicyclic) bond motifs is 3. The van der Waals surface area contributed by atoms with Crippen LogP contribution in [-0.2, 0) is 0 Å². The Hall–Kier alpha value is -0.960. The molecule has 0 N–H and O–H groups in total. The lowest BCUT2D eigenvalue weighted by Crippen LogP contribution is -1.73. The standard InChI is InChI=1S/C13H9P.H3P/c1-2-5-11-10(4-1)7-8-13-12(11)6-3-9-14-13;/h1-9H;1H3. The molecule has 3 aromatic rings. The van der Waals surface area contributed by atoms with Gasteiger partial charge in [0.15, 0.2) is 0 Å². The lowest BCUT2D eigenvalue weighted by Gasteiger charge is -2.01. The molecule has 0 radical (unpaired) electrons. The van der Waals surface area contributed by atoms with Crippen LogP contribution in [0.2, 0.25) is 0 Å². The normalized spacial score (nSPS) is 10.7. The Balaban J connectivity index is 0.000000853. The van der Waals surface area contributed by atoms with Crippen LogP contribution in [0, 0.1) is 0 Å². The molecule has 1 heterocycles. The molecule has 0 fully saturated rings. The molecule has 15 heavy (non-hydrogen) atoms. The second-order valence-electron chi connectivity index (χ2n) is 3.36. The molecule has 0 nitrogen and oxygen atoms in total. The maximum absolute atomic E-state index is 2.22. The molecule has 0 aliphatic carbocycles. The summed E-state index contributed by atoms with van der Waals surface area (Å²) in [5, 5.41) is 5.48. The Morgan fingerprint density at radius 1 is 0.733 bits per heavy atom. The maximum Gasteiger partial charge on any atom is 0.00966 e. The second-order valence-corrected chi connectivity index (χ2v) is 4.39. The minimum Gasteiger partial charge on any atom is -0.153 e. The first-order chi connectivity index (χ1) is 6.95. The van der Waals surface area contributed by atoms with Crippen molar-refractivity contribution in [3.05, 3.63) is 54.3 Å². The molecule has 2 heteroatoms. The first-order valence-electron chi connectivity index (χ1n) is 4.68. The van der Waals surface area contributed by atoms with E-state index in [0.717, 1.165) is 0 Å². The minimum absolute atomic E-state index is 0. The van der Waals surface area contributed by atoms with Gasteiger partial charge in [0, 0.05) is 5.12 Å². The highest BCUT2D eigenvalue weighted by molar-refractivity contribution is 7.36. The quantitative estimate of drug-likeness (QED) is 0.390. The first-order valence-corrected chi connectivity index (χ1v) is 5.64. The molecule has 0 aliphatic heterocycles. The number of hydrogen-bond donors (Lipinski definition) is 0. The fourth-order valence-electron chi connectivity index (χ4n) is 1.83. The van der Waals surface area contributed by atoms with Crippen molar-refractivity contribution in [3.8, 4) is 0 Å². The smallest absolute Gasteiger partial charge is 0.00966 e. The fourth-order valence-corrected chi connectivity index (χ4v) is 2.66. The molecular weight excluding hydrogens is 218 g/mol. The van der Waals surface area contributed by atoms with Crippen LogP contribution in [0.4, 0.5) is 0 Å². The summed E-state index contributed by atoms with van der Waals surface area (Å²) in [6, 6.07) is 17.3. The van der Waals surface area contributed by atoms with E-state index in [2.05, 4.69) is 54.3 Å². The van der Waals surface area contributed by atoms with Crippen molar-refractivity contribution in [1.82, 2.24) is 0 Å². The molecule has 0 bridgehead atoms. The van der Waals surface area contributed by atoms with Crippen molar-refractivity contribution in [2.75, 3.05) is 0 Å². The van der Waals surface area contributed by atoms with Crippen LogP contribution in [0.25, 0.3) is 21.3 Å². The summed E-state index contributed by atoms with van der Waals surface area (Å²) in [6.07, 6.45) is 0. The molecule has 3 rings (SSSR count). The first kappa shape index (κ1) is 10.6. The predicted molar refractivity (Wildman–Crippen MR) is 75.1 cm³/mol. The Kier molecular flexibility index (Phi) is 3.00. The van der Waals surface area contributed by atoms with Gasteiger partial charge in [-0.15, -0.1) is 0 Å². The molecule has 1 atom stereocenters. The molecule has 1 aromatic heterocycles. The van der Waals surface area contributed by atoms with Crippen molar-refractivity contribution in [1.29, 1.82) is 0 Å². The molecule has 1 unspecified atom stereocenters. The summed E-state index contributed by atoms with van der Waals surface area (Å²) in [5.41, 5.74) is 0. The van der Waals surface area contributed by atoms with E-state index in [0.29, 0.717) is 0 Å². The van der Waals surface area contributed by atoms with Crippen molar-refractivity contribution < 1.29 is 0 Å². The van der Waals surface area contributed by atoms with Gasteiger partial charge in [-0.05, 0) is 28.0 Å². The summed E-state index contributed by atoms with van der Waals surface area (Å²) in [4.78, 5) is 0. The van der Waals surface area contributed by atoms with E-state index in [4.69, 9.17) is 0 Å². The van der Waals surface area contributed by atoms with Crippen LogP contribution in [0.5, 0.6) is 0 Å². The topological polar surface area (TPSA) is 0 Å². The molecular formula is C13H12P2. The highest BCUT2D eigenvalue weighted by atomic mass is 31.0. The molecule has 0 spiro atoms. The maximum atomic E-state index is 2.22. The van der Waals surface area contributed by atoms with Gasteiger partial charge >= 0.3 is 0 Å². The van der Waals surface area contributed by atoms with Crippen molar-refractivity contribution in [3.63, 3.8) is 0 Å². The van der Waals surface area contributed by atoms with Gasteiger partial charge in [-0.25, -0.2) is 0 Å². The summed E-state index contributed by atoms with van der Waals surface area (Å²) >= 11 is 0. The van der Waals surface area contributed by atoms with Crippen LogP contribution < -0.4 is 0 Å². The van der Waals surface area contributed by atoms with Crippen molar-refractivity contribution in [2.45, 2.75) is 0 Å². The average Bonchev–Trinajstić information content (AvgIpc) is 2.29. The lowest BCUT2D eigenvalue weighted by atomic mass is 10.1. The van der Waals surface area contributed by atoms with Gasteiger partial charge in [0.05, 0.1) is 0 Å². The summed E-state index contributed by atoms with van der Waals surface area (Å²) in [5.74, 6) is 2.18. The van der Waals surface area contributed by atoms with Crippen LogP contribution in [0.15, 0.2) is 54.3 Å². The van der Waals surface area contributed by atoms with Crippen molar-refractivity contribution >= 4 is 39.4 Å². The van der Waals surface area contributed by atoms with Gasteiger partial charge in [-0.1, -0.05) is 50.7 Å². The highest BCUT2D eigenvalue weighted by Crippen LogP contribution is 2.29. The Labute approximate surface area is 94.0 Å². The van der Waals surface area contributed by atoms with Crippen LogP contribution in [-0.4, -0.2) is 0 Å². The van der Waals surface area contributed by atoms with Crippen molar-refractivity contribution in [2.24, 2.45) is 0 Å². The van der Waals surface area contributed by atoms with Gasteiger partial charge in [0.25, 0.3) is 0 Å². The zero-order valence-electron chi connectivity index (χ0n) is 8.35. The SMILES string of the molecule is P.c1ccc2c(c1)ccc1pcccc12. The van der Waals surface area contributed by atoms with Crippen LogP contribution >= 0.6 is 18.1 Å². The van der Waals surface area contributed by atoms with Crippen LogP contribution in [0.1, 0.15) is 0 Å². The van der Waals surface area contributed by atoms with Gasteiger partial charge in [0.1, 0.15) is 0 Å².